The van der Waals surface area contributed by atoms with Crippen molar-refractivity contribution in [1.82, 2.24) is 14.9 Å². The second-order valence-corrected chi connectivity index (χ2v) is 5.28. The van der Waals surface area contributed by atoms with E-state index in [1.807, 2.05) is 30.3 Å². The fourth-order valence-corrected chi connectivity index (χ4v) is 2.44. The van der Waals surface area contributed by atoms with Gasteiger partial charge in [-0.1, -0.05) is 30.3 Å². The molecule has 2 aromatic rings. The van der Waals surface area contributed by atoms with Gasteiger partial charge in [0.05, 0.1) is 25.3 Å². The molecule has 3 rings (SSSR count). The number of aromatic nitrogens is 2. The van der Waals surface area contributed by atoms with Gasteiger partial charge in [0.2, 0.25) is 0 Å². The third-order valence-electron chi connectivity index (χ3n) is 3.72. The first kappa shape index (κ1) is 13.8. The van der Waals surface area contributed by atoms with Gasteiger partial charge >= 0.3 is 5.97 Å². The van der Waals surface area contributed by atoms with Crippen molar-refractivity contribution in [2.45, 2.75) is 31.5 Å². The molecule has 0 aliphatic heterocycles. The highest BCUT2D eigenvalue weighted by Crippen LogP contribution is 2.37. The van der Waals surface area contributed by atoms with Gasteiger partial charge in [-0.25, -0.2) is 9.78 Å². The Balaban J connectivity index is 1.77. The molecule has 0 spiro atoms. The summed E-state index contributed by atoms with van der Waals surface area (Å²) in [6.07, 6.45) is 5.84. The predicted octanol–water partition coefficient (Wildman–Crippen LogP) is 2.22. The summed E-state index contributed by atoms with van der Waals surface area (Å²) in [4.78, 5) is 16.3. The molecule has 1 atom stereocenters. The maximum Gasteiger partial charge on any atom is 0.329 e. The van der Waals surface area contributed by atoms with Gasteiger partial charge in [-0.05, 0) is 18.4 Å². The Labute approximate surface area is 124 Å². The van der Waals surface area contributed by atoms with E-state index in [-0.39, 0.29) is 5.97 Å². The molecule has 0 radical (unpaired) electrons. The van der Waals surface area contributed by atoms with E-state index < -0.39 is 6.04 Å². The lowest BCUT2D eigenvalue weighted by Crippen LogP contribution is -2.31. The molecule has 5 nitrogen and oxygen atoms in total. The van der Waals surface area contributed by atoms with E-state index in [1.54, 1.807) is 12.5 Å². The summed E-state index contributed by atoms with van der Waals surface area (Å²) in [6.45, 7) is 0.608. The Bertz CT molecular complexity index is 605. The Morgan fingerprint density at radius 1 is 1.43 bits per heavy atom. The van der Waals surface area contributed by atoms with Crippen LogP contribution in [0.1, 0.15) is 36.2 Å². The number of nitrogens with zero attached hydrogens (tertiary/aromatic N) is 2. The highest BCUT2D eigenvalue weighted by atomic mass is 16.5. The fraction of sp³-hybridized carbons (Fsp3) is 0.375. The Morgan fingerprint density at radius 3 is 2.86 bits per heavy atom. The van der Waals surface area contributed by atoms with E-state index in [0.717, 1.165) is 24.1 Å². The lowest BCUT2D eigenvalue weighted by Gasteiger charge is -2.18. The molecule has 1 aliphatic rings. The lowest BCUT2D eigenvalue weighted by molar-refractivity contribution is -0.143. The van der Waals surface area contributed by atoms with Crippen LogP contribution in [-0.2, 0) is 16.1 Å². The molecule has 0 amide bonds. The largest absolute Gasteiger partial charge is 0.468 e. The number of esters is 1. The Kier molecular flexibility index (Phi) is 4.01. The van der Waals surface area contributed by atoms with Gasteiger partial charge < -0.3 is 9.30 Å². The third-order valence-corrected chi connectivity index (χ3v) is 3.72. The summed E-state index contributed by atoms with van der Waals surface area (Å²) in [6, 6.07) is 9.99. The molecule has 1 aromatic heterocycles. The minimum atomic E-state index is -0.488. The van der Waals surface area contributed by atoms with E-state index in [4.69, 9.17) is 4.74 Å². The average molecular weight is 285 g/mol. The summed E-state index contributed by atoms with van der Waals surface area (Å²) in [7, 11) is 1.41. The van der Waals surface area contributed by atoms with Crippen molar-refractivity contribution in [3.05, 3.63) is 54.1 Å². The van der Waals surface area contributed by atoms with E-state index >= 15 is 0 Å². The summed E-state index contributed by atoms with van der Waals surface area (Å²) in [5.41, 5.74) is 2.00. The van der Waals surface area contributed by atoms with E-state index in [1.165, 1.54) is 7.11 Å². The first-order valence-electron chi connectivity index (χ1n) is 7.16. The minimum absolute atomic E-state index is 0.284. The number of nitrogens with one attached hydrogen (secondary N) is 1. The first-order chi connectivity index (χ1) is 10.3. The number of carbonyl (C=O) groups is 1. The molecule has 5 heteroatoms. The molecule has 1 N–H and O–H groups in total. The van der Waals surface area contributed by atoms with Crippen LogP contribution in [0.4, 0.5) is 0 Å². The van der Waals surface area contributed by atoms with Crippen molar-refractivity contribution < 1.29 is 9.53 Å². The molecular formula is C16H19N3O2. The van der Waals surface area contributed by atoms with Crippen molar-refractivity contribution in [2.24, 2.45) is 0 Å². The van der Waals surface area contributed by atoms with Crippen molar-refractivity contribution >= 4 is 5.97 Å². The number of ether oxygens (including phenoxy) is 1. The van der Waals surface area contributed by atoms with Crippen molar-refractivity contribution in [1.29, 1.82) is 0 Å². The molecule has 1 aromatic carbocycles. The summed E-state index contributed by atoms with van der Waals surface area (Å²) in [5.74, 6) is -0.284. The van der Waals surface area contributed by atoms with Gasteiger partial charge in [0.1, 0.15) is 6.04 Å². The van der Waals surface area contributed by atoms with Gasteiger partial charge in [0.15, 0.2) is 0 Å². The highest BCUT2D eigenvalue weighted by molar-refractivity contribution is 5.77. The maximum atomic E-state index is 12.1. The summed E-state index contributed by atoms with van der Waals surface area (Å²) < 4.78 is 7.02. The van der Waals surface area contributed by atoms with Crippen LogP contribution >= 0.6 is 0 Å². The zero-order chi connectivity index (χ0) is 14.7. The first-order valence-corrected chi connectivity index (χ1v) is 7.16. The minimum Gasteiger partial charge on any atom is -0.468 e. The van der Waals surface area contributed by atoms with E-state index in [9.17, 15) is 4.79 Å². The van der Waals surface area contributed by atoms with Crippen molar-refractivity contribution in [2.75, 3.05) is 7.11 Å². The molecule has 1 aliphatic carbocycles. The Morgan fingerprint density at radius 2 is 2.19 bits per heavy atom. The van der Waals surface area contributed by atoms with Gasteiger partial charge in [-0.15, -0.1) is 0 Å². The average Bonchev–Trinajstić information content (AvgIpc) is 3.26. The smallest absolute Gasteiger partial charge is 0.329 e. The number of benzene rings is 1. The number of methoxy groups -OCH3 is 1. The predicted molar refractivity (Wildman–Crippen MR) is 78.5 cm³/mol. The number of hydrogen-bond donors (Lipinski definition) is 1. The van der Waals surface area contributed by atoms with Gasteiger partial charge in [-0.2, -0.15) is 0 Å². The second-order valence-electron chi connectivity index (χ2n) is 5.28. The van der Waals surface area contributed by atoms with Gasteiger partial charge in [0.25, 0.3) is 0 Å². The second kappa shape index (κ2) is 6.10. The number of rotatable bonds is 6. The summed E-state index contributed by atoms with van der Waals surface area (Å²) >= 11 is 0. The molecule has 1 fully saturated rings. The molecule has 1 heterocycles. The third kappa shape index (κ3) is 3.13. The van der Waals surface area contributed by atoms with Gasteiger partial charge in [0, 0.05) is 12.6 Å². The maximum absolute atomic E-state index is 12.1. The number of hydrogen-bond acceptors (Lipinski definition) is 4. The van der Waals surface area contributed by atoms with Crippen molar-refractivity contribution in [3.8, 4) is 0 Å². The number of imidazole rings is 1. The topological polar surface area (TPSA) is 56.1 Å². The van der Waals surface area contributed by atoms with Crippen molar-refractivity contribution in [3.63, 3.8) is 0 Å². The SMILES string of the molecule is COC(=O)C(NCc1ccccc1)c1cncn1C1CC1. The van der Waals surface area contributed by atoms with Crippen LogP contribution < -0.4 is 5.32 Å². The summed E-state index contributed by atoms with van der Waals surface area (Å²) in [5, 5.41) is 3.28. The van der Waals surface area contributed by atoms with Crippen LogP contribution in [0.2, 0.25) is 0 Å². The Hall–Kier alpha value is -2.14. The van der Waals surface area contributed by atoms with Crippen LogP contribution in [0.3, 0.4) is 0 Å². The highest BCUT2D eigenvalue weighted by Gasteiger charge is 2.31. The quantitative estimate of drug-likeness (QED) is 0.827. The molecule has 1 saturated carbocycles. The van der Waals surface area contributed by atoms with Crippen LogP contribution in [0.25, 0.3) is 0 Å². The molecule has 1 unspecified atom stereocenters. The number of carbonyl (C=O) groups excluding carboxylic acids is 1. The molecular weight excluding hydrogens is 266 g/mol. The van der Waals surface area contributed by atoms with Crippen LogP contribution in [-0.4, -0.2) is 22.6 Å². The standard InChI is InChI=1S/C16H19N3O2/c1-21-16(20)15(18-9-12-5-3-2-4-6-12)14-10-17-11-19(14)13-7-8-13/h2-6,10-11,13,15,18H,7-9H2,1H3. The van der Waals surface area contributed by atoms with Crippen LogP contribution in [0.5, 0.6) is 0 Å². The molecule has 110 valence electrons. The molecule has 21 heavy (non-hydrogen) atoms. The zero-order valence-electron chi connectivity index (χ0n) is 12.0. The zero-order valence-corrected chi connectivity index (χ0v) is 12.0. The van der Waals surface area contributed by atoms with E-state index in [0.29, 0.717) is 12.6 Å². The molecule has 0 saturated heterocycles. The fourth-order valence-electron chi connectivity index (χ4n) is 2.44. The normalized spacial score (nSPS) is 15.7. The molecule has 0 bridgehead atoms. The van der Waals surface area contributed by atoms with Crippen LogP contribution in [0, 0.1) is 0 Å². The lowest BCUT2D eigenvalue weighted by atomic mass is 10.1. The van der Waals surface area contributed by atoms with E-state index in [2.05, 4.69) is 14.9 Å². The van der Waals surface area contributed by atoms with Gasteiger partial charge in [-0.3, -0.25) is 5.32 Å². The monoisotopic (exact) mass is 285 g/mol. The van der Waals surface area contributed by atoms with Crippen LogP contribution in [0.15, 0.2) is 42.9 Å².